The number of hydrogen-bond donors (Lipinski definition) is 1. The van der Waals surface area contributed by atoms with Gasteiger partial charge in [0, 0.05) is 13.6 Å². The third kappa shape index (κ3) is 2.85. The highest BCUT2D eigenvalue weighted by molar-refractivity contribution is 7.14. The molecule has 3 nitrogen and oxygen atoms in total. The molecular formula is C13H13NO2S. The Balaban J connectivity index is 2.06. The van der Waals surface area contributed by atoms with Crippen molar-refractivity contribution < 1.29 is 9.90 Å². The van der Waals surface area contributed by atoms with Crippen molar-refractivity contribution >= 4 is 22.3 Å². The van der Waals surface area contributed by atoms with Gasteiger partial charge in [0.05, 0.1) is 10.6 Å². The normalized spacial score (nSPS) is 10.2. The van der Waals surface area contributed by atoms with Crippen molar-refractivity contribution in [1.29, 1.82) is 0 Å². The smallest absolute Gasteiger partial charge is 0.335 e. The molecule has 0 aliphatic rings. The average Bonchev–Trinajstić information content (AvgIpc) is 2.83. The molecule has 4 heteroatoms. The van der Waals surface area contributed by atoms with Gasteiger partial charge in [-0.3, -0.25) is 0 Å². The van der Waals surface area contributed by atoms with Gasteiger partial charge < -0.3 is 10.0 Å². The van der Waals surface area contributed by atoms with Crippen molar-refractivity contribution in [3.05, 3.63) is 52.9 Å². The molecule has 0 bridgehead atoms. The summed E-state index contributed by atoms with van der Waals surface area (Å²) in [4.78, 5) is 12.9. The quantitative estimate of drug-likeness (QED) is 0.902. The monoisotopic (exact) mass is 247 g/mol. The Kier molecular flexibility index (Phi) is 3.44. The van der Waals surface area contributed by atoms with Crippen molar-refractivity contribution in [3.8, 4) is 0 Å². The molecule has 0 fully saturated rings. The van der Waals surface area contributed by atoms with Crippen LogP contribution in [0, 0.1) is 0 Å². The number of nitrogens with zero attached hydrogens (tertiary/aromatic N) is 1. The molecule has 0 amide bonds. The van der Waals surface area contributed by atoms with E-state index < -0.39 is 5.97 Å². The van der Waals surface area contributed by atoms with Gasteiger partial charge in [0.1, 0.15) is 0 Å². The topological polar surface area (TPSA) is 40.5 Å². The highest BCUT2D eigenvalue weighted by Crippen LogP contribution is 2.21. The first-order chi connectivity index (χ1) is 8.16. The number of hydrogen-bond acceptors (Lipinski definition) is 3. The van der Waals surface area contributed by atoms with E-state index >= 15 is 0 Å². The fraction of sp³-hybridized carbons (Fsp3) is 0.154. The van der Waals surface area contributed by atoms with Crippen LogP contribution in [0.4, 0.5) is 5.00 Å². The minimum Gasteiger partial charge on any atom is -0.478 e. The minimum atomic E-state index is -0.886. The van der Waals surface area contributed by atoms with Crippen LogP contribution in [0.3, 0.4) is 0 Å². The van der Waals surface area contributed by atoms with Crippen LogP contribution in [0.1, 0.15) is 15.9 Å². The lowest BCUT2D eigenvalue weighted by molar-refractivity contribution is 0.0697. The number of thiophene rings is 1. The van der Waals surface area contributed by atoms with Gasteiger partial charge in [0.2, 0.25) is 0 Å². The van der Waals surface area contributed by atoms with E-state index in [1.165, 1.54) is 5.00 Å². The zero-order valence-electron chi connectivity index (χ0n) is 9.46. The van der Waals surface area contributed by atoms with Gasteiger partial charge in [0.15, 0.2) is 0 Å². The summed E-state index contributed by atoms with van der Waals surface area (Å²) in [6.07, 6.45) is 0. The summed E-state index contributed by atoms with van der Waals surface area (Å²) in [6.45, 7) is 0.778. The van der Waals surface area contributed by atoms with Crippen LogP contribution >= 0.6 is 11.3 Å². The van der Waals surface area contributed by atoms with E-state index in [2.05, 4.69) is 11.0 Å². The Hall–Kier alpha value is -1.81. The Morgan fingerprint density at radius 1 is 1.29 bits per heavy atom. The SMILES string of the molecule is CN(Cc1ccc(C(=O)O)cc1)c1cccs1. The van der Waals surface area contributed by atoms with Crippen molar-refractivity contribution in [2.75, 3.05) is 11.9 Å². The molecule has 0 saturated heterocycles. The van der Waals surface area contributed by atoms with Crippen molar-refractivity contribution in [3.63, 3.8) is 0 Å². The summed E-state index contributed by atoms with van der Waals surface area (Å²) in [5, 5.41) is 12.0. The number of carbonyl (C=O) groups is 1. The Labute approximate surface area is 104 Å². The maximum absolute atomic E-state index is 10.7. The average molecular weight is 247 g/mol. The molecule has 1 aromatic carbocycles. The molecule has 1 heterocycles. The highest BCUT2D eigenvalue weighted by atomic mass is 32.1. The van der Waals surface area contributed by atoms with E-state index in [1.807, 2.05) is 30.6 Å². The maximum atomic E-state index is 10.7. The van der Waals surface area contributed by atoms with Gasteiger partial charge >= 0.3 is 5.97 Å². The van der Waals surface area contributed by atoms with E-state index in [0.717, 1.165) is 12.1 Å². The first-order valence-electron chi connectivity index (χ1n) is 5.23. The van der Waals surface area contributed by atoms with Gasteiger partial charge in [-0.2, -0.15) is 0 Å². The molecule has 0 unspecified atom stereocenters. The zero-order valence-corrected chi connectivity index (χ0v) is 10.3. The highest BCUT2D eigenvalue weighted by Gasteiger charge is 2.05. The van der Waals surface area contributed by atoms with Gasteiger partial charge in [-0.15, -0.1) is 11.3 Å². The molecule has 2 aromatic rings. The first-order valence-corrected chi connectivity index (χ1v) is 6.11. The first kappa shape index (κ1) is 11.7. The number of aromatic carboxylic acids is 1. The van der Waals surface area contributed by atoms with Gasteiger partial charge in [0.25, 0.3) is 0 Å². The van der Waals surface area contributed by atoms with Crippen LogP contribution in [-0.2, 0) is 6.54 Å². The molecule has 0 atom stereocenters. The van der Waals surface area contributed by atoms with Gasteiger partial charge in [-0.05, 0) is 35.2 Å². The second-order valence-electron chi connectivity index (χ2n) is 3.81. The third-order valence-corrected chi connectivity index (χ3v) is 3.49. The molecule has 1 N–H and O–H groups in total. The molecule has 88 valence electrons. The largest absolute Gasteiger partial charge is 0.478 e. The van der Waals surface area contributed by atoms with E-state index in [9.17, 15) is 4.79 Å². The molecule has 1 aromatic heterocycles. The third-order valence-electron chi connectivity index (χ3n) is 2.50. The van der Waals surface area contributed by atoms with E-state index in [-0.39, 0.29) is 0 Å². The maximum Gasteiger partial charge on any atom is 0.335 e. The molecule has 17 heavy (non-hydrogen) atoms. The Morgan fingerprint density at radius 2 is 2.00 bits per heavy atom. The summed E-state index contributed by atoms with van der Waals surface area (Å²) in [7, 11) is 2.02. The number of benzene rings is 1. The predicted molar refractivity (Wildman–Crippen MR) is 69.8 cm³/mol. The molecule has 0 radical (unpaired) electrons. The fourth-order valence-electron chi connectivity index (χ4n) is 1.59. The predicted octanol–water partition coefficient (Wildman–Crippen LogP) is 3.08. The fourth-order valence-corrected chi connectivity index (χ4v) is 2.29. The van der Waals surface area contributed by atoms with E-state index in [0.29, 0.717) is 5.56 Å². The van der Waals surface area contributed by atoms with Crippen molar-refractivity contribution in [2.24, 2.45) is 0 Å². The zero-order chi connectivity index (χ0) is 12.3. The molecule has 2 rings (SSSR count). The van der Waals surface area contributed by atoms with E-state index in [1.54, 1.807) is 23.5 Å². The van der Waals surface area contributed by atoms with Crippen LogP contribution in [0.15, 0.2) is 41.8 Å². The number of carboxylic acids is 1. The Bertz CT molecular complexity index is 491. The van der Waals surface area contributed by atoms with Crippen LogP contribution < -0.4 is 4.90 Å². The number of rotatable bonds is 4. The molecule has 0 saturated carbocycles. The summed E-state index contributed by atoms with van der Waals surface area (Å²) < 4.78 is 0. The van der Waals surface area contributed by atoms with Crippen LogP contribution in [0.5, 0.6) is 0 Å². The summed E-state index contributed by atoms with van der Waals surface area (Å²) >= 11 is 1.69. The lowest BCUT2D eigenvalue weighted by Crippen LogP contribution is -2.14. The second kappa shape index (κ2) is 5.01. The Morgan fingerprint density at radius 3 is 2.53 bits per heavy atom. The van der Waals surface area contributed by atoms with Crippen molar-refractivity contribution in [1.82, 2.24) is 0 Å². The van der Waals surface area contributed by atoms with Crippen molar-refractivity contribution in [2.45, 2.75) is 6.54 Å². The molecule has 0 aliphatic carbocycles. The summed E-state index contributed by atoms with van der Waals surface area (Å²) in [5.41, 5.74) is 1.43. The van der Waals surface area contributed by atoms with E-state index in [4.69, 9.17) is 5.11 Å². The van der Waals surface area contributed by atoms with Gasteiger partial charge in [-0.1, -0.05) is 12.1 Å². The minimum absolute atomic E-state index is 0.326. The number of carboxylic acid groups (broad SMARTS) is 1. The summed E-state index contributed by atoms with van der Waals surface area (Å²) in [6, 6.07) is 11.1. The summed E-state index contributed by atoms with van der Waals surface area (Å²) in [5.74, 6) is -0.886. The lowest BCUT2D eigenvalue weighted by Gasteiger charge is -2.16. The molecule has 0 aliphatic heterocycles. The van der Waals surface area contributed by atoms with Gasteiger partial charge in [-0.25, -0.2) is 4.79 Å². The number of anilines is 1. The molecular weight excluding hydrogens is 234 g/mol. The van der Waals surface area contributed by atoms with Crippen LogP contribution in [0.25, 0.3) is 0 Å². The lowest BCUT2D eigenvalue weighted by atomic mass is 10.1. The second-order valence-corrected chi connectivity index (χ2v) is 4.74. The standard InChI is InChI=1S/C13H13NO2S/c1-14(12-3-2-8-17-12)9-10-4-6-11(7-5-10)13(15)16/h2-8H,9H2,1H3,(H,15,16). The molecule has 0 spiro atoms. The van der Waals surface area contributed by atoms with Crippen LogP contribution in [-0.4, -0.2) is 18.1 Å². The van der Waals surface area contributed by atoms with Crippen LogP contribution in [0.2, 0.25) is 0 Å².